The summed E-state index contributed by atoms with van der Waals surface area (Å²) in [5.41, 5.74) is 0. The highest BCUT2D eigenvalue weighted by molar-refractivity contribution is 7.92. The summed E-state index contributed by atoms with van der Waals surface area (Å²) in [5, 5.41) is 0. The Bertz CT molecular complexity index is 56.4. The summed E-state index contributed by atoms with van der Waals surface area (Å²) in [5.74, 6) is 0. The largest absolute Gasteiger partial charge is 0.304 e. The number of hydrogen-bond acceptors (Lipinski definition) is 3. The molecule has 0 saturated carbocycles. The smallest absolute Gasteiger partial charge is 0.0816 e. The summed E-state index contributed by atoms with van der Waals surface area (Å²) in [6.45, 7) is 6.59. The first-order valence-electron chi connectivity index (χ1n) is 3.80. The van der Waals surface area contributed by atoms with Gasteiger partial charge in [0.05, 0.1) is 19.3 Å². The maximum atomic E-state index is 4.95. The molecule has 0 aromatic rings. The zero-order chi connectivity index (χ0) is 7.82. The minimum Gasteiger partial charge on any atom is -0.304 e. The second-order valence-electron chi connectivity index (χ2n) is 2.17. The molecule has 0 heterocycles. The van der Waals surface area contributed by atoms with Crippen LogP contribution in [0.4, 0.5) is 0 Å². The van der Waals surface area contributed by atoms with E-state index in [1.165, 1.54) is 25.1 Å². The fourth-order valence-electron chi connectivity index (χ4n) is 0.791. The molecular formula is C7H17NOS. The first kappa shape index (κ1) is 10.3. The molecule has 0 N–H and O–H groups in total. The quantitative estimate of drug-likeness (QED) is 0.440. The van der Waals surface area contributed by atoms with Gasteiger partial charge in [-0.05, 0) is 12.8 Å². The Balaban J connectivity index is 3.30. The van der Waals surface area contributed by atoms with E-state index in [1.54, 1.807) is 7.11 Å². The SMILES string of the molecule is CCCN(CCC)SOC. The molecule has 0 saturated heterocycles. The first-order valence-corrected chi connectivity index (χ1v) is 4.50. The van der Waals surface area contributed by atoms with Crippen molar-refractivity contribution in [2.75, 3.05) is 20.2 Å². The standard InChI is InChI=1S/C7H17NOS/c1-4-6-8(7-5-2)10-9-3/h4-7H2,1-3H3. The highest BCUT2D eigenvalue weighted by atomic mass is 32.2. The molecule has 62 valence electrons. The van der Waals surface area contributed by atoms with Gasteiger partial charge in [0.1, 0.15) is 0 Å². The van der Waals surface area contributed by atoms with Crippen molar-refractivity contribution < 1.29 is 4.18 Å². The molecule has 10 heavy (non-hydrogen) atoms. The van der Waals surface area contributed by atoms with Gasteiger partial charge in [-0.2, -0.15) is 0 Å². The van der Waals surface area contributed by atoms with Crippen LogP contribution in [0.15, 0.2) is 0 Å². The van der Waals surface area contributed by atoms with Crippen LogP contribution in [0, 0.1) is 0 Å². The fourth-order valence-corrected chi connectivity index (χ4v) is 1.52. The van der Waals surface area contributed by atoms with E-state index in [9.17, 15) is 0 Å². The molecule has 0 rings (SSSR count). The third-order valence-corrected chi connectivity index (χ3v) is 1.85. The van der Waals surface area contributed by atoms with Gasteiger partial charge in [-0.1, -0.05) is 13.8 Å². The molecule has 2 nitrogen and oxygen atoms in total. The van der Waals surface area contributed by atoms with E-state index in [-0.39, 0.29) is 0 Å². The van der Waals surface area contributed by atoms with Crippen molar-refractivity contribution in [3.8, 4) is 0 Å². The average molecular weight is 163 g/mol. The second-order valence-corrected chi connectivity index (χ2v) is 3.17. The van der Waals surface area contributed by atoms with Gasteiger partial charge in [0.2, 0.25) is 0 Å². The van der Waals surface area contributed by atoms with Gasteiger partial charge in [-0.15, -0.1) is 0 Å². The Hall–Kier alpha value is 0.270. The van der Waals surface area contributed by atoms with Crippen molar-refractivity contribution in [2.45, 2.75) is 26.7 Å². The highest BCUT2D eigenvalue weighted by Crippen LogP contribution is 2.10. The molecule has 0 fully saturated rings. The maximum absolute atomic E-state index is 4.95. The topological polar surface area (TPSA) is 12.5 Å². The molecule has 0 amide bonds. The Kier molecular flexibility index (Phi) is 7.58. The predicted octanol–water partition coefficient (Wildman–Crippen LogP) is 2.32. The zero-order valence-electron chi connectivity index (χ0n) is 7.09. The van der Waals surface area contributed by atoms with E-state index in [2.05, 4.69) is 18.2 Å². The molecule has 0 bridgehead atoms. The van der Waals surface area contributed by atoms with Gasteiger partial charge in [0, 0.05) is 13.1 Å². The Labute approximate surface area is 68.3 Å². The number of hydrogen-bond donors (Lipinski definition) is 0. The molecule has 0 atom stereocenters. The van der Waals surface area contributed by atoms with Gasteiger partial charge in [0.15, 0.2) is 0 Å². The van der Waals surface area contributed by atoms with Gasteiger partial charge in [0.25, 0.3) is 0 Å². The molecule has 0 radical (unpaired) electrons. The monoisotopic (exact) mass is 163 g/mol. The van der Waals surface area contributed by atoms with Gasteiger partial charge >= 0.3 is 0 Å². The van der Waals surface area contributed by atoms with Crippen LogP contribution in [0.3, 0.4) is 0 Å². The Morgan fingerprint density at radius 2 is 1.70 bits per heavy atom. The molecule has 0 unspecified atom stereocenters. The summed E-state index contributed by atoms with van der Waals surface area (Å²) < 4.78 is 7.19. The van der Waals surface area contributed by atoms with Crippen molar-refractivity contribution in [3.05, 3.63) is 0 Å². The maximum Gasteiger partial charge on any atom is 0.0816 e. The lowest BCUT2D eigenvalue weighted by molar-refractivity contribution is 0.398. The van der Waals surface area contributed by atoms with E-state index < -0.39 is 0 Å². The molecule has 0 aliphatic heterocycles. The molecule has 0 spiro atoms. The minimum absolute atomic E-state index is 1.12. The number of nitrogens with zero attached hydrogens (tertiary/aromatic N) is 1. The van der Waals surface area contributed by atoms with E-state index in [0.29, 0.717) is 0 Å². The fraction of sp³-hybridized carbons (Fsp3) is 1.00. The van der Waals surface area contributed by atoms with Crippen LogP contribution in [-0.4, -0.2) is 24.5 Å². The predicted molar refractivity (Wildman–Crippen MR) is 46.8 cm³/mol. The van der Waals surface area contributed by atoms with Crippen molar-refractivity contribution in [1.29, 1.82) is 0 Å². The van der Waals surface area contributed by atoms with E-state index in [1.807, 2.05) is 0 Å². The van der Waals surface area contributed by atoms with Crippen LogP contribution in [0.2, 0.25) is 0 Å². The summed E-state index contributed by atoms with van der Waals surface area (Å²) in [4.78, 5) is 0. The molecule has 0 aliphatic carbocycles. The van der Waals surface area contributed by atoms with E-state index >= 15 is 0 Å². The van der Waals surface area contributed by atoms with E-state index in [4.69, 9.17) is 4.18 Å². The summed E-state index contributed by atoms with van der Waals surface area (Å²) in [6.07, 6.45) is 2.38. The summed E-state index contributed by atoms with van der Waals surface area (Å²) >= 11 is 1.46. The first-order chi connectivity index (χ1) is 4.85. The molecular weight excluding hydrogens is 146 g/mol. The molecule has 0 aromatic carbocycles. The molecule has 0 aromatic heterocycles. The second kappa shape index (κ2) is 7.38. The normalized spacial score (nSPS) is 10.8. The van der Waals surface area contributed by atoms with Crippen LogP contribution >= 0.6 is 12.2 Å². The Morgan fingerprint density at radius 3 is 2.00 bits per heavy atom. The lowest BCUT2D eigenvalue weighted by Crippen LogP contribution is -2.17. The lowest BCUT2D eigenvalue weighted by atomic mass is 10.4. The highest BCUT2D eigenvalue weighted by Gasteiger charge is 2.00. The zero-order valence-corrected chi connectivity index (χ0v) is 7.91. The summed E-state index contributed by atoms with van der Waals surface area (Å²) in [7, 11) is 1.71. The van der Waals surface area contributed by atoms with Crippen LogP contribution in [0.5, 0.6) is 0 Å². The van der Waals surface area contributed by atoms with Crippen LogP contribution in [0.25, 0.3) is 0 Å². The summed E-state index contributed by atoms with van der Waals surface area (Å²) in [6, 6.07) is 0. The van der Waals surface area contributed by atoms with Crippen molar-refractivity contribution >= 4 is 12.2 Å². The van der Waals surface area contributed by atoms with Gasteiger partial charge in [-0.25, -0.2) is 4.31 Å². The average Bonchev–Trinajstić information content (AvgIpc) is 1.90. The van der Waals surface area contributed by atoms with Crippen LogP contribution in [0.1, 0.15) is 26.7 Å². The van der Waals surface area contributed by atoms with Crippen molar-refractivity contribution in [2.24, 2.45) is 0 Å². The Morgan fingerprint density at radius 1 is 1.20 bits per heavy atom. The third-order valence-electron chi connectivity index (χ3n) is 1.13. The van der Waals surface area contributed by atoms with Gasteiger partial charge < -0.3 is 4.18 Å². The number of rotatable bonds is 6. The molecule has 3 heteroatoms. The van der Waals surface area contributed by atoms with Crippen LogP contribution in [-0.2, 0) is 4.18 Å². The van der Waals surface area contributed by atoms with E-state index in [0.717, 1.165) is 13.1 Å². The van der Waals surface area contributed by atoms with Crippen molar-refractivity contribution in [3.63, 3.8) is 0 Å². The van der Waals surface area contributed by atoms with Crippen molar-refractivity contribution in [1.82, 2.24) is 4.31 Å². The van der Waals surface area contributed by atoms with Gasteiger partial charge in [-0.3, -0.25) is 0 Å². The third kappa shape index (κ3) is 5.09. The lowest BCUT2D eigenvalue weighted by Gasteiger charge is -2.16. The molecule has 0 aliphatic rings. The minimum atomic E-state index is 1.12. The van der Waals surface area contributed by atoms with Crippen LogP contribution < -0.4 is 0 Å².